The Morgan fingerprint density at radius 2 is 1.95 bits per heavy atom. The highest BCUT2D eigenvalue weighted by atomic mass is 32.1. The molecule has 0 aliphatic carbocycles. The molecule has 3 aromatic rings. The SMILES string of the molecule is CC(C)C=C(C#N)C(=O)N1CCCC1Cn1c(NC(=O)c2ccc(C(F)F)s2)nc2cc(CNC(C)C(C)(C)C)ccc21. The fraction of sp³-hybridized carbons (Fsp3) is 0.500. The van der Waals surface area contributed by atoms with Gasteiger partial charge in [-0.15, -0.1) is 11.3 Å². The Kier molecular flexibility index (Phi) is 10.0. The van der Waals surface area contributed by atoms with Gasteiger partial charge in [0.15, 0.2) is 0 Å². The number of anilines is 1. The van der Waals surface area contributed by atoms with Crippen LogP contribution in [0.4, 0.5) is 14.7 Å². The number of halogens is 2. The second kappa shape index (κ2) is 13.3. The Hall–Kier alpha value is -3.62. The van der Waals surface area contributed by atoms with Gasteiger partial charge < -0.3 is 14.8 Å². The Bertz CT molecular complexity index is 1550. The van der Waals surface area contributed by atoms with Crippen molar-refractivity contribution >= 4 is 40.1 Å². The molecule has 1 aromatic carbocycles. The Morgan fingerprint density at radius 1 is 1.21 bits per heavy atom. The number of hydrogen-bond donors (Lipinski definition) is 2. The summed E-state index contributed by atoms with van der Waals surface area (Å²) in [6.07, 6.45) is 0.548. The van der Waals surface area contributed by atoms with Crippen LogP contribution in [0.3, 0.4) is 0 Å². The first kappa shape index (κ1) is 32.3. The summed E-state index contributed by atoms with van der Waals surface area (Å²) < 4.78 is 28.2. The van der Waals surface area contributed by atoms with Gasteiger partial charge in [-0.3, -0.25) is 14.9 Å². The lowest BCUT2D eigenvalue weighted by Crippen LogP contribution is -2.39. The van der Waals surface area contributed by atoms with E-state index in [1.165, 1.54) is 12.1 Å². The number of nitriles is 1. The van der Waals surface area contributed by atoms with E-state index in [0.29, 0.717) is 25.2 Å². The van der Waals surface area contributed by atoms with Gasteiger partial charge in [-0.05, 0) is 60.9 Å². The highest BCUT2D eigenvalue weighted by Gasteiger charge is 2.32. The summed E-state index contributed by atoms with van der Waals surface area (Å²) in [4.78, 5) is 32.9. The van der Waals surface area contributed by atoms with E-state index >= 15 is 0 Å². The number of allylic oxidation sites excluding steroid dienone is 1. The summed E-state index contributed by atoms with van der Waals surface area (Å²) in [6.45, 7) is 14.0. The van der Waals surface area contributed by atoms with Crippen molar-refractivity contribution in [3.05, 3.63) is 57.3 Å². The minimum Gasteiger partial charge on any atom is -0.333 e. The fourth-order valence-electron chi connectivity index (χ4n) is 5.05. The third-order valence-corrected chi connectivity index (χ3v) is 8.99. The summed E-state index contributed by atoms with van der Waals surface area (Å²) in [5.74, 6) is -0.497. The summed E-state index contributed by atoms with van der Waals surface area (Å²) in [6, 6.07) is 10.7. The molecule has 2 unspecified atom stereocenters. The standard InChI is InChI=1S/C32H40F2N6O2S/c1-19(2)14-22(16-35)30(42)39-13-7-8-23(39)18-40-25-10-9-21(17-36-20(3)32(4,5)6)15-24(25)37-31(40)38-29(41)27-12-11-26(43-27)28(33)34/h9-12,14-15,19-20,23,28,36H,7-8,13,17-18H2,1-6H3,(H,37,38,41). The molecule has 0 saturated carbocycles. The van der Waals surface area contributed by atoms with Crippen LogP contribution in [-0.4, -0.2) is 44.9 Å². The quantitative estimate of drug-likeness (QED) is 0.192. The highest BCUT2D eigenvalue weighted by Crippen LogP contribution is 2.30. The lowest BCUT2D eigenvalue weighted by atomic mass is 9.88. The number of rotatable bonds is 10. The molecule has 1 aliphatic heterocycles. The molecule has 2 aromatic heterocycles. The van der Waals surface area contributed by atoms with E-state index in [4.69, 9.17) is 4.98 Å². The first-order valence-electron chi connectivity index (χ1n) is 14.6. The number of carbonyl (C=O) groups excluding carboxylic acids is 2. The van der Waals surface area contributed by atoms with Crippen molar-refractivity contribution in [3.8, 4) is 6.07 Å². The van der Waals surface area contributed by atoms with Crippen LogP contribution >= 0.6 is 11.3 Å². The summed E-state index contributed by atoms with van der Waals surface area (Å²) in [5.41, 5.74) is 2.70. The Balaban J connectivity index is 1.66. The van der Waals surface area contributed by atoms with Gasteiger partial charge in [-0.25, -0.2) is 13.8 Å². The number of benzene rings is 1. The molecule has 2 atom stereocenters. The van der Waals surface area contributed by atoms with Gasteiger partial charge >= 0.3 is 0 Å². The fourth-order valence-corrected chi connectivity index (χ4v) is 5.80. The maximum Gasteiger partial charge on any atom is 0.272 e. The number of amides is 2. The number of aromatic nitrogens is 2. The number of nitrogens with one attached hydrogen (secondary N) is 2. The van der Waals surface area contributed by atoms with E-state index in [9.17, 15) is 23.6 Å². The molecule has 3 heterocycles. The van der Waals surface area contributed by atoms with Crippen LogP contribution in [0.25, 0.3) is 11.0 Å². The zero-order valence-electron chi connectivity index (χ0n) is 25.6. The third kappa shape index (κ3) is 7.67. The van der Waals surface area contributed by atoms with Gasteiger partial charge in [0.2, 0.25) is 5.95 Å². The lowest BCUT2D eigenvalue weighted by molar-refractivity contribution is -0.127. The average Bonchev–Trinajstić information content (AvgIpc) is 3.69. The minimum atomic E-state index is -2.65. The molecule has 43 heavy (non-hydrogen) atoms. The van der Waals surface area contributed by atoms with E-state index in [1.807, 2.05) is 36.6 Å². The Labute approximate surface area is 255 Å². The Morgan fingerprint density at radius 3 is 2.58 bits per heavy atom. The van der Waals surface area contributed by atoms with Crippen LogP contribution < -0.4 is 10.6 Å². The van der Waals surface area contributed by atoms with Gasteiger partial charge in [-0.1, -0.05) is 46.8 Å². The van der Waals surface area contributed by atoms with Gasteiger partial charge in [0.1, 0.15) is 11.6 Å². The van der Waals surface area contributed by atoms with Crippen LogP contribution in [0.2, 0.25) is 0 Å². The van der Waals surface area contributed by atoms with Gasteiger partial charge in [0, 0.05) is 25.7 Å². The zero-order valence-corrected chi connectivity index (χ0v) is 26.4. The summed E-state index contributed by atoms with van der Waals surface area (Å²) in [7, 11) is 0. The van der Waals surface area contributed by atoms with Gasteiger partial charge in [0.05, 0.1) is 26.8 Å². The number of likely N-dealkylation sites (tertiary alicyclic amines) is 1. The third-order valence-electron chi connectivity index (χ3n) is 7.90. The molecule has 8 nitrogen and oxygen atoms in total. The predicted molar refractivity (Wildman–Crippen MR) is 166 cm³/mol. The summed E-state index contributed by atoms with van der Waals surface area (Å²) in [5, 5.41) is 16.0. The molecule has 0 bridgehead atoms. The number of carbonyl (C=O) groups is 2. The number of thiophene rings is 1. The molecule has 4 rings (SSSR count). The van der Waals surface area contributed by atoms with Crippen LogP contribution in [-0.2, 0) is 17.9 Å². The minimum absolute atomic E-state index is 0.0528. The molecule has 0 radical (unpaired) electrons. The molecule has 1 saturated heterocycles. The van der Waals surface area contributed by atoms with Crippen molar-refractivity contribution in [2.75, 3.05) is 11.9 Å². The maximum atomic E-state index is 13.3. The van der Waals surface area contributed by atoms with Crippen LogP contribution in [0.1, 0.15) is 80.9 Å². The molecular weight excluding hydrogens is 570 g/mol. The number of fused-ring (bicyclic) bond motifs is 1. The zero-order chi connectivity index (χ0) is 31.5. The molecule has 1 aliphatic rings. The van der Waals surface area contributed by atoms with Crippen molar-refractivity contribution in [2.45, 2.75) is 86.0 Å². The molecular formula is C32H40F2N6O2S. The second-order valence-corrected chi connectivity index (χ2v) is 13.6. The highest BCUT2D eigenvalue weighted by molar-refractivity contribution is 7.14. The van der Waals surface area contributed by atoms with Crippen molar-refractivity contribution < 1.29 is 18.4 Å². The van der Waals surface area contributed by atoms with Crippen LogP contribution in [0, 0.1) is 22.7 Å². The van der Waals surface area contributed by atoms with E-state index in [2.05, 4.69) is 44.4 Å². The summed E-state index contributed by atoms with van der Waals surface area (Å²) >= 11 is 0.745. The monoisotopic (exact) mass is 610 g/mol. The van der Waals surface area contributed by atoms with Crippen molar-refractivity contribution in [3.63, 3.8) is 0 Å². The number of hydrogen-bond acceptors (Lipinski definition) is 6. The normalized spacial score (nSPS) is 16.7. The van der Waals surface area contributed by atoms with E-state index in [-0.39, 0.29) is 50.6 Å². The van der Waals surface area contributed by atoms with Crippen LogP contribution in [0.15, 0.2) is 42.0 Å². The van der Waals surface area contributed by atoms with Gasteiger partial charge in [0.25, 0.3) is 18.2 Å². The number of imidazole rings is 1. The molecule has 230 valence electrons. The van der Waals surface area contributed by atoms with Gasteiger partial charge in [-0.2, -0.15) is 5.26 Å². The first-order chi connectivity index (χ1) is 20.3. The number of alkyl halides is 2. The van der Waals surface area contributed by atoms with E-state index in [1.54, 1.807) is 11.0 Å². The predicted octanol–water partition coefficient (Wildman–Crippen LogP) is 6.91. The molecule has 1 fully saturated rings. The lowest BCUT2D eigenvalue weighted by Gasteiger charge is -2.28. The second-order valence-electron chi connectivity index (χ2n) is 12.5. The molecule has 11 heteroatoms. The van der Waals surface area contributed by atoms with Crippen molar-refractivity contribution in [2.24, 2.45) is 11.3 Å². The topological polar surface area (TPSA) is 103 Å². The first-order valence-corrected chi connectivity index (χ1v) is 15.4. The molecule has 2 N–H and O–H groups in total. The molecule has 0 spiro atoms. The van der Waals surface area contributed by atoms with Crippen LogP contribution in [0.5, 0.6) is 0 Å². The van der Waals surface area contributed by atoms with Crippen molar-refractivity contribution in [1.29, 1.82) is 5.26 Å². The maximum absolute atomic E-state index is 13.3. The molecule has 2 amide bonds. The smallest absolute Gasteiger partial charge is 0.272 e. The van der Waals surface area contributed by atoms with E-state index < -0.39 is 12.3 Å². The number of nitrogens with zero attached hydrogens (tertiary/aromatic N) is 4. The average molecular weight is 611 g/mol. The largest absolute Gasteiger partial charge is 0.333 e. The van der Waals surface area contributed by atoms with E-state index in [0.717, 1.165) is 35.3 Å². The van der Waals surface area contributed by atoms with Crippen molar-refractivity contribution in [1.82, 2.24) is 19.8 Å².